The van der Waals surface area contributed by atoms with Crippen molar-refractivity contribution in [3.63, 3.8) is 0 Å². The molecule has 0 aliphatic carbocycles. The van der Waals surface area contributed by atoms with E-state index in [1.165, 1.54) is 111 Å². The summed E-state index contributed by atoms with van der Waals surface area (Å²) in [5, 5.41) is 0. The maximum Gasteiger partial charge on any atom is 0 e. The molecule has 0 bridgehead atoms. The van der Waals surface area contributed by atoms with Gasteiger partial charge in [0.15, 0.2) is 0 Å². The van der Waals surface area contributed by atoms with Crippen LogP contribution in [0.15, 0.2) is 0 Å². The largest absolute Gasteiger partial charge is 0.196 e. The Morgan fingerprint density at radius 2 is 0.289 bits per heavy atom. The summed E-state index contributed by atoms with van der Waals surface area (Å²) in [5.41, 5.74) is 29.4. The molecule has 12 radical (unpaired) electrons. The molecule has 0 fully saturated rings. The second-order valence-electron chi connectivity index (χ2n) is 12.5. The van der Waals surface area contributed by atoms with Crippen molar-refractivity contribution in [3.05, 3.63) is 111 Å². The van der Waals surface area contributed by atoms with Crippen molar-refractivity contribution < 1.29 is 20.4 Å². The number of hydrogen-bond donors (Lipinski definition) is 0. The molecule has 246 valence electrons. The molecule has 0 nitrogen and oxygen atoms in total. The topological polar surface area (TPSA) is 0 Å². The van der Waals surface area contributed by atoms with Crippen LogP contribution in [0.5, 0.6) is 0 Å². The number of rotatable bonds is 0. The fourth-order valence-electron chi connectivity index (χ4n) is 5.62. The Kier molecular flexibility index (Phi) is 28.2. The molecule has 0 amide bonds. The quantitative estimate of drug-likeness (QED) is 0.122. The first-order valence-electron chi connectivity index (χ1n) is 15.0. The third-order valence-corrected chi connectivity index (χ3v) is 11.2. The van der Waals surface area contributed by atoms with Gasteiger partial charge in [-0.15, -0.1) is 0 Å². The maximum atomic E-state index is 2.20. The first-order valence-corrected chi connectivity index (χ1v) is 15.0. The van der Waals surface area contributed by atoms with E-state index in [1.54, 1.807) is 0 Å². The van der Waals surface area contributed by atoms with Crippen molar-refractivity contribution in [2.75, 3.05) is 0 Å². The van der Waals surface area contributed by atoms with Crippen LogP contribution in [0, 0.1) is 138 Å². The number of hydrogen-bond acceptors (Lipinski definition) is 0. The summed E-state index contributed by atoms with van der Waals surface area (Å²) < 4.78 is 0. The first-order chi connectivity index (χ1) is 18.2. The van der Waals surface area contributed by atoms with Gasteiger partial charge in [-0.25, -0.2) is 0 Å². The van der Waals surface area contributed by atoms with Crippen LogP contribution in [-0.2, 0) is 20.4 Å². The molecule has 0 spiro atoms. The molecule has 0 saturated heterocycles. The smallest absolute Gasteiger partial charge is 0 e. The van der Waals surface area contributed by atoms with Gasteiger partial charge in [0.2, 0.25) is 0 Å². The van der Waals surface area contributed by atoms with Crippen molar-refractivity contribution in [3.8, 4) is 0 Å². The molecule has 0 unspecified atom stereocenters. The fraction of sp³-hybridized carbons (Fsp3) is 0.500. The Hall–Kier alpha value is 0.608. The van der Waals surface area contributed by atoms with E-state index in [0.29, 0.717) is 0 Å². The van der Waals surface area contributed by atoms with Gasteiger partial charge in [0, 0.05) is 99.6 Å². The van der Waals surface area contributed by atoms with Gasteiger partial charge in [-0.05, 0) is 0 Å². The van der Waals surface area contributed by atoms with E-state index in [-0.39, 0.29) is 99.6 Å². The van der Waals surface area contributed by atoms with Gasteiger partial charge in [-0.3, -0.25) is 0 Å². The Labute approximate surface area is 345 Å². The SMILES string of the molecule is Cc1c(C)c(C)[c-](C)c1C.Cc1c(C)c(C)[c-](C)c1C.Cc1c(C)c(C)[c-](C)c1C.Cc1c(C)c(C)[c-](C)c1C.[Ga].[Ga].[Ga].[Ga].[Pd]. The molecular formula is C40H60Ga4Pd-4. The summed E-state index contributed by atoms with van der Waals surface area (Å²) in [6, 6.07) is 0. The standard InChI is InChI=1S/4C10H15.4Ga.Pd/c4*1-6-7(2)9(4)10(5)8(6)3;;;;;/h4*1-5H3;;;;;/q4*-1;;;;;. The second kappa shape index (κ2) is 23.1. The van der Waals surface area contributed by atoms with Crippen molar-refractivity contribution in [2.45, 2.75) is 138 Å². The molecule has 0 atom stereocenters. The Balaban J connectivity index is -0.000000152. The Morgan fingerprint density at radius 1 is 0.222 bits per heavy atom. The minimum atomic E-state index is 0. The normalized spacial score (nSPS) is 9.33. The van der Waals surface area contributed by atoms with E-state index in [1.807, 2.05) is 0 Å². The van der Waals surface area contributed by atoms with Gasteiger partial charge in [-0.2, -0.15) is 111 Å². The van der Waals surface area contributed by atoms with Gasteiger partial charge in [-0.1, -0.05) is 138 Å². The van der Waals surface area contributed by atoms with Gasteiger partial charge < -0.3 is 0 Å². The average molecular weight is 926 g/mol. The minimum absolute atomic E-state index is 0. The van der Waals surface area contributed by atoms with Crippen LogP contribution in [-0.4, -0.2) is 79.2 Å². The molecule has 4 aromatic carbocycles. The second-order valence-corrected chi connectivity index (χ2v) is 12.5. The summed E-state index contributed by atoms with van der Waals surface area (Å²) in [5.74, 6) is 0. The van der Waals surface area contributed by atoms with Crippen LogP contribution < -0.4 is 0 Å². The summed E-state index contributed by atoms with van der Waals surface area (Å²) in [7, 11) is 0. The van der Waals surface area contributed by atoms with Crippen molar-refractivity contribution in [2.24, 2.45) is 0 Å². The van der Waals surface area contributed by atoms with Gasteiger partial charge in [0.05, 0.1) is 0 Å². The van der Waals surface area contributed by atoms with Crippen LogP contribution in [0.3, 0.4) is 0 Å². The van der Waals surface area contributed by atoms with Crippen molar-refractivity contribution in [1.82, 2.24) is 0 Å². The molecule has 45 heavy (non-hydrogen) atoms. The molecule has 0 saturated carbocycles. The van der Waals surface area contributed by atoms with E-state index in [9.17, 15) is 0 Å². The minimum Gasteiger partial charge on any atom is -0.196 e. The zero-order valence-corrected chi connectivity index (χ0v) is 43.9. The predicted molar refractivity (Wildman–Crippen MR) is 206 cm³/mol. The van der Waals surface area contributed by atoms with E-state index in [4.69, 9.17) is 0 Å². The van der Waals surface area contributed by atoms with Gasteiger partial charge in [0.1, 0.15) is 0 Å². The van der Waals surface area contributed by atoms with Crippen LogP contribution >= 0.6 is 0 Å². The van der Waals surface area contributed by atoms with Crippen LogP contribution in [0.2, 0.25) is 0 Å². The predicted octanol–water partition coefficient (Wildman–Crippen LogP) is 10.3. The Bertz CT molecular complexity index is 936. The molecule has 0 aliphatic heterocycles. The van der Waals surface area contributed by atoms with Crippen LogP contribution in [0.4, 0.5) is 0 Å². The maximum absolute atomic E-state index is 2.20. The zero-order valence-electron chi connectivity index (χ0n) is 32.6. The average Bonchev–Trinajstić information content (AvgIpc) is 3.37. The molecule has 4 aromatic rings. The third-order valence-electron chi connectivity index (χ3n) is 11.2. The monoisotopic (exact) mass is 922 g/mol. The molecule has 4 rings (SSSR count). The summed E-state index contributed by atoms with van der Waals surface area (Å²) in [6.45, 7) is 44.0. The molecular weight excluding hydrogens is 866 g/mol. The summed E-state index contributed by atoms with van der Waals surface area (Å²) in [6.07, 6.45) is 0. The molecule has 0 aromatic heterocycles. The molecule has 0 N–H and O–H groups in total. The zero-order chi connectivity index (χ0) is 31.5. The van der Waals surface area contributed by atoms with Crippen LogP contribution in [0.1, 0.15) is 111 Å². The van der Waals surface area contributed by atoms with Crippen molar-refractivity contribution in [1.29, 1.82) is 0 Å². The summed E-state index contributed by atoms with van der Waals surface area (Å²) in [4.78, 5) is 0. The van der Waals surface area contributed by atoms with Gasteiger partial charge >= 0.3 is 0 Å². The van der Waals surface area contributed by atoms with E-state index < -0.39 is 0 Å². The Morgan fingerprint density at radius 3 is 0.311 bits per heavy atom. The molecule has 0 heterocycles. The van der Waals surface area contributed by atoms with Crippen molar-refractivity contribution >= 4 is 79.2 Å². The first kappa shape index (κ1) is 55.0. The van der Waals surface area contributed by atoms with Gasteiger partial charge in [0.25, 0.3) is 0 Å². The summed E-state index contributed by atoms with van der Waals surface area (Å²) >= 11 is 0. The molecule has 5 heteroatoms. The van der Waals surface area contributed by atoms with E-state index in [0.717, 1.165) is 0 Å². The van der Waals surface area contributed by atoms with Crippen LogP contribution in [0.25, 0.3) is 0 Å². The van der Waals surface area contributed by atoms with E-state index >= 15 is 0 Å². The fourth-order valence-corrected chi connectivity index (χ4v) is 5.62. The molecule has 0 aliphatic rings. The third kappa shape index (κ3) is 12.5. The van der Waals surface area contributed by atoms with E-state index in [2.05, 4.69) is 138 Å².